The van der Waals surface area contributed by atoms with Crippen LogP contribution in [0.1, 0.15) is 5.56 Å². The number of benzene rings is 1. The topological polar surface area (TPSA) is 72.9 Å². The van der Waals surface area contributed by atoms with Gasteiger partial charge in [-0.15, -0.1) is 0 Å². The molecule has 0 atom stereocenters. The molecule has 5 heteroatoms. The van der Waals surface area contributed by atoms with Gasteiger partial charge < -0.3 is 5.73 Å². The van der Waals surface area contributed by atoms with E-state index in [0.717, 1.165) is 16.8 Å². The Labute approximate surface area is 99.2 Å². The molecule has 0 unspecified atom stereocenters. The number of rotatable bonds is 2. The smallest absolute Gasteiger partial charge is 0.317 e. The van der Waals surface area contributed by atoms with Crippen molar-refractivity contribution in [1.82, 2.24) is 9.78 Å². The van der Waals surface area contributed by atoms with E-state index >= 15 is 0 Å². The van der Waals surface area contributed by atoms with Gasteiger partial charge in [-0.05, 0) is 13.0 Å². The van der Waals surface area contributed by atoms with E-state index in [0.29, 0.717) is 5.82 Å². The van der Waals surface area contributed by atoms with Crippen molar-refractivity contribution >= 4 is 11.8 Å². The van der Waals surface area contributed by atoms with Gasteiger partial charge in [0.15, 0.2) is 0 Å². The summed E-state index contributed by atoms with van der Waals surface area (Å²) in [6.07, 6.45) is 0. The molecule has 2 amide bonds. The monoisotopic (exact) mass is 230 g/mol. The minimum absolute atomic E-state index is 0.578. The number of nitrogens with one attached hydrogen (secondary N) is 1. The third-order valence-electron chi connectivity index (χ3n) is 2.44. The maximum Gasteiger partial charge on any atom is 0.317 e. The molecular weight excluding hydrogens is 216 g/mol. The van der Waals surface area contributed by atoms with Crippen molar-refractivity contribution in [3.8, 4) is 11.3 Å². The minimum Gasteiger partial charge on any atom is -0.351 e. The maximum atomic E-state index is 10.8. The first-order valence-corrected chi connectivity index (χ1v) is 5.24. The second kappa shape index (κ2) is 4.29. The van der Waals surface area contributed by atoms with Crippen molar-refractivity contribution in [3.63, 3.8) is 0 Å². The predicted octanol–water partition coefficient (Wildman–Crippen LogP) is 1.89. The Morgan fingerprint density at radius 3 is 2.82 bits per heavy atom. The van der Waals surface area contributed by atoms with Crippen LogP contribution in [0.25, 0.3) is 11.3 Å². The van der Waals surface area contributed by atoms with E-state index in [-0.39, 0.29) is 0 Å². The van der Waals surface area contributed by atoms with E-state index in [9.17, 15) is 4.79 Å². The summed E-state index contributed by atoms with van der Waals surface area (Å²) in [5.74, 6) is 0.578. The van der Waals surface area contributed by atoms with E-state index in [1.54, 1.807) is 17.8 Å². The number of carbonyl (C=O) groups excluding carboxylic acids is 1. The van der Waals surface area contributed by atoms with E-state index in [1.165, 1.54) is 0 Å². The van der Waals surface area contributed by atoms with Crippen molar-refractivity contribution in [2.24, 2.45) is 12.8 Å². The van der Waals surface area contributed by atoms with Crippen molar-refractivity contribution in [2.75, 3.05) is 5.32 Å². The third kappa shape index (κ3) is 2.44. The largest absolute Gasteiger partial charge is 0.351 e. The van der Waals surface area contributed by atoms with Gasteiger partial charge in [0.25, 0.3) is 0 Å². The van der Waals surface area contributed by atoms with E-state index in [4.69, 9.17) is 5.73 Å². The number of aryl methyl sites for hydroxylation is 2. The predicted molar refractivity (Wildman–Crippen MR) is 66.6 cm³/mol. The van der Waals surface area contributed by atoms with Gasteiger partial charge >= 0.3 is 6.03 Å². The second-order valence-electron chi connectivity index (χ2n) is 3.90. The first-order valence-electron chi connectivity index (χ1n) is 5.24. The summed E-state index contributed by atoms with van der Waals surface area (Å²) < 4.78 is 1.59. The summed E-state index contributed by atoms with van der Waals surface area (Å²) >= 11 is 0. The summed E-state index contributed by atoms with van der Waals surface area (Å²) in [4.78, 5) is 10.8. The number of aromatic nitrogens is 2. The molecule has 5 nitrogen and oxygen atoms in total. The molecule has 0 aliphatic heterocycles. The van der Waals surface area contributed by atoms with Crippen LogP contribution in [0.5, 0.6) is 0 Å². The second-order valence-corrected chi connectivity index (χ2v) is 3.90. The SMILES string of the molecule is Cc1cccc(-c2cc(NC(N)=O)n(C)n2)c1. The highest BCUT2D eigenvalue weighted by Gasteiger charge is 2.08. The number of nitrogens with zero attached hydrogens (tertiary/aromatic N) is 2. The van der Waals surface area contributed by atoms with Crippen LogP contribution in [0, 0.1) is 6.92 Å². The first kappa shape index (κ1) is 11.2. The van der Waals surface area contributed by atoms with Crippen molar-refractivity contribution < 1.29 is 4.79 Å². The van der Waals surface area contributed by atoms with Crippen LogP contribution >= 0.6 is 0 Å². The molecule has 0 bridgehead atoms. The molecule has 0 saturated carbocycles. The Kier molecular flexibility index (Phi) is 2.82. The Hall–Kier alpha value is -2.30. The summed E-state index contributed by atoms with van der Waals surface area (Å²) in [7, 11) is 1.75. The third-order valence-corrected chi connectivity index (χ3v) is 2.44. The summed E-state index contributed by atoms with van der Waals surface area (Å²) in [5, 5.41) is 6.84. The number of carbonyl (C=O) groups is 1. The molecule has 1 aromatic carbocycles. The maximum absolute atomic E-state index is 10.8. The molecule has 2 aromatic rings. The van der Waals surface area contributed by atoms with Crippen LogP contribution in [-0.4, -0.2) is 15.8 Å². The van der Waals surface area contributed by atoms with E-state index < -0.39 is 6.03 Å². The number of urea groups is 1. The number of nitrogens with two attached hydrogens (primary N) is 1. The molecule has 0 aliphatic rings. The molecule has 0 fully saturated rings. The highest BCUT2D eigenvalue weighted by molar-refractivity contribution is 5.87. The van der Waals surface area contributed by atoms with Crippen molar-refractivity contribution in [3.05, 3.63) is 35.9 Å². The molecule has 1 heterocycles. The van der Waals surface area contributed by atoms with Gasteiger partial charge in [0.2, 0.25) is 0 Å². The summed E-state index contributed by atoms with van der Waals surface area (Å²) in [5.41, 5.74) is 8.06. The molecule has 1 aromatic heterocycles. The molecule has 3 N–H and O–H groups in total. The average molecular weight is 230 g/mol. The fourth-order valence-electron chi connectivity index (χ4n) is 1.66. The molecule has 17 heavy (non-hydrogen) atoms. The van der Waals surface area contributed by atoms with Crippen molar-refractivity contribution in [2.45, 2.75) is 6.92 Å². The standard InChI is InChI=1S/C12H14N4O/c1-8-4-3-5-9(6-8)10-7-11(14-12(13)17)16(2)15-10/h3-7H,1-2H3,(H3,13,14,17). The zero-order valence-electron chi connectivity index (χ0n) is 9.77. The van der Waals surface area contributed by atoms with Gasteiger partial charge in [0.1, 0.15) is 5.82 Å². The van der Waals surface area contributed by atoms with Gasteiger partial charge in [0.05, 0.1) is 5.69 Å². The van der Waals surface area contributed by atoms with Crippen molar-refractivity contribution in [1.29, 1.82) is 0 Å². The molecule has 0 saturated heterocycles. The van der Waals surface area contributed by atoms with Crippen LogP contribution in [-0.2, 0) is 7.05 Å². The zero-order chi connectivity index (χ0) is 12.4. The lowest BCUT2D eigenvalue weighted by atomic mass is 10.1. The lowest BCUT2D eigenvalue weighted by Crippen LogP contribution is -2.20. The lowest BCUT2D eigenvalue weighted by Gasteiger charge is -1.99. The normalized spacial score (nSPS) is 10.2. The summed E-state index contributed by atoms with van der Waals surface area (Å²) in [6, 6.07) is 9.21. The lowest BCUT2D eigenvalue weighted by molar-refractivity contribution is 0.259. The quantitative estimate of drug-likeness (QED) is 0.826. The van der Waals surface area contributed by atoms with Crippen LogP contribution in [0.15, 0.2) is 30.3 Å². The van der Waals surface area contributed by atoms with Gasteiger partial charge in [0, 0.05) is 18.7 Å². The number of amides is 2. The Bertz CT molecular complexity index is 559. The van der Waals surface area contributed by atoms with Crippen LogP contribution < -0.4 is 11.1 Å². The first-order chi connectivity index (χ1) is 8.06. The molecule has 0 aliphatic carbocycles. The highest BCUT2D eigenvalue weighted by atomic mass is 16.2. The van der Waals surface area contributed by atoms with Crippen LogP contribution in [0.3, 0.4) is 0 Å². The number of primary amides is 1. The Morgan fingerprint density at radius 2 is 2.18 bits per heavy atom. The number of hydrogen-bond acceptors (Lipinski definition) is 2. The Morgan fingerprint density at radius 1 is 1.41 bits per heavy atom. The molecule has 2 rings (SSSR count). The number of anilines is 1. The molecule has 0 radical (unpaired) electrons. The Balaban J connectivity index is 2.37. The van der Waals surface area contributed by atoms with E-state index in [1.807, 2.05) is 31.2 Å². The summed E-state index contributed by atoms with van der Waals surface area (Å²) in [6.45, 7) is 2.02. The highest BCUT2D eigenvalue weighted by Crippen LogP contribution is 2.21. The van der Waals surface area contributed by atoms with Crippen LogP contribution in [0.2, 0.25) is 0 Å². The molecule has 88 valence electrons. The minimum atomic E-state index is -0.594. The van der Waals surface area contributed by atoms with Gasteiger partial charge in [-0.3, -0.25) is 10.00 Å². The average Bonchev–Trinajstić information content (AvgIpc) is 2.59. The fraction of sp³-hybridized carbons (Fsp3) is 0.167. The van der Waals surface area contributed by atoms with Gasteiger partial charge in [-0.25, -0.2) is 4.79 Å². The molecular formula is C12H14N4O. The van der Waals surface area contributed by atoms with Crippen LogP contribution in [0.4, 0.5) is 10.6 Å². The van der Waals surface area contributed by atoms with E-state index in [2.05, 4.69) is 10.4 Å². The molecule has 0 spiro atoms. The zero-order valence-corrected chi connectivity index (χ0v) is 9.77. The fourth-order valence-corrected chi connectivity index (χ4v) is 1.66. The van der Waals surface area contributed by atoms with Gasteiger partial charge in [-0.2, -0.15) is 5.10 Å². The van der Waals surface area contributed by atoms with Gasteiger partial charge in [-0.1, -0.05) is 23.8 Å². The number of hydrogen-bond donors (Lipinski definition) is 2.